The van der Waals surface area contributed by atoms with Crippen LogP contribution in [0.1, 0.15) is 23.6 Å². The second kappa shape index (κ2) is 6.76. The van der Waals surface area contributed by atoms with Gasteiger partial charge in [-0.3, -0.25) is 0 Å². The molecule has 1 fully saturated rings. The Labute approximate surface area is 139 Å². The first-order valence-electron chi connectivity index (χ1n) is 7.96. The number of hydrogen-bond donors (Lipinski definition) is 1. The molecule has 122 valence electrons. The molecule has 0 radical (unpaired) electrons. The maximum atomic E-state index is 5.43. The van der Waals surface area contributed by atoms with Gasteiger partial charge in [0.05, 0.1) is 18.0 Å². The molecule has 1 saturated heterocycles. The van der Waals surface area contributed by atoms with E-state index in [1.54, 1.807) is 17.3 Å². The zero-order chi connectivity index (χ0) is 16.2. The Bertz CT molecular complexity index is 781. The molecular formula is C17H18N6O. The molecule has 1 aliphatic rings. The van der Waals surface area contributed by atoms with Crippen molar-refractivity contribution in [3.8, 4) is 5.69 Å². The summed E-state index contributed by atoms with van der Waals surface area (Å²) in [5.74, 6) is 1.22. The summed E-state index contributed by atoms with van der Waals surface area (Å²) in [5.41, 5.74) is 3.21. The Morgan fingerprint density at radius 2 is 2.08 bits per heavy atom. The van der Waals surface area contributed by atoms with Gasteiger partial charge in [-0.1, -0.05) is 12.1 Å². The fourth-order valence-corrected chi connectivity index (χ4v) is 2.76. The molecule has 4 rings (SSSR count). The topological polar surface area (TPSA) is 77.8 Å². The highest BCUT2D eigenvalue weighted by Crippen LogP contribution is 2.24. The summed E-state index contributed by atoms with van der Waals surface area (Å²) in [6.45, 7) is 2.27. The number of ether oxygens (including phenoxy) is 1. The highest BCUT2D eigenvalue weighted by atomic mass is 16.5. The van der Waals surface area contributed by atoms with Crippen LogP contribution in [-0.4, -0.2) is 37.9 Å². The third-order valence-corrected chi connectivity index (χ3v) is 4.13. The van der Waals surface area contributed by atoms with Crippen LogP contribution in [0.2, 0.25) is 0 Å². The minimum atomic E-state index is 0.385. The lowest BCUT2D eigenvalue weighted by Gasteiger charge is -2.10. The van der Waals surface area contributed by atoms with E-state index in [-0.39, 0.29) is 0 Å². The number of nitrogens with one attached hydrogen (secondary N) is 1. The minimum Gasteiger partial charge on any atom is -0.381 e. The maximum absolute atomic E-state index is 5.43. The molecular weight excluding hydrogens is 304 g/mol. The van der Waals surface area contributed by atoms with Gasteiger partial charge in [-0.25, -0.2) is 19.6 Å². The normalized spacial score (nSPS) is 17.1. The third-order valence-electron chi connectivity index (χ3n) is 4.13. The lowest BCUT2D eigenvalue weighted by Crippen LogP contribution is -2.06. The van der Waals surface area contributed by atoms with Gasteiger partial charge in [0.1, 0.15) is 24.8 Å². The van der Waals surface area contributed by atoms with Crippen molar-refractivity contribution in [2.24, 2.45) is 0 Å². The molecule has 1 aromatic carbocycles. The van der Waals surface area contributed by atoms with E-state index in [2.05, 4.69) is 37.5 Å². The summed E-state index contributed by atoms with van der Waals surface area (Å²) in [6.07, 6.45) is 5.85. The summed E-state index contributed by atoms with van der Waals surface area (Å²) >= 11 is 0. The van der Waals surface area contributed by atoms with Gasteiger partial charge in [0, 0.05) is 25.1 Å². The first-order valence-corrected chi connectivity index (χ1v) is 7.96. The maximum Gasteiger partial charge on any atom is 0.138 e. The molecule has 3 heterocycles. The Morgan fingerprint density at radius 1 is 1.17 bits per heavy atom. The van der Waals surface area contributed by atoms with Crippen molar-refractivity contribution in [1.82, 2.24) is 24.7 Å². The van der Waals surface area contributed by atoms with Crippen LogP contribution < -0.4 is 5.32 Å². The van der Waals surface area contributed by atoms with Crippen LogP contribution in [0.5, 0.6) is 0 Å². The molecule has 0 amide bonds. The zero-order valence-electron chi connectivity index (χ0n) is 13.2. The van der Waals surface area contributed by atoms with E-state index in [0.29, 0.717) is 12.5 Å². The lowest BCUT2D eigenvalue weighted by atomic mass is 10.1. The van der Waals surface area contributed by atoms with E-state index in [4.69, 9.17) is 4.74 Å². The smallest absolute Gasteiger partial charge is 0.138 e. The number of aromatic nitrogens is 5. The van der Waals surface area contributed by atoms with E-state index in [1.165, 1.54) is 11.9 Å². The number of benzene rings is 1. The highest BCUT2D eigenvalue weighted by molar-refractivity contribution is 5.39. The Kier molecular flexibility index (Phi) is 4.16. The van der Waals surface area contributed by atoms with Crippen LogP contribution in [0, 0.1) is 0 Å². The van der Waals surface area contributed by atoms with Gasteiger partial charge in [-0.2, -0.15) is 5.10 Å². The van der Waals surface area contributed by atoms with E-state index in [9.17, 15) is 0 Å². The number of anilines is 1. The number of rotatable bonds is 5. The molecule has 3 aromatic rings. The molecule has 0 bridgehead atoms. The minimum absolute atomic E-state index is 0.385. The molecule has 1 N–H and O–H groups in total. The molecule has 7 nitrogen and oxygen atoms in total. The van der Waals surface area contributed by atoms with E-state index in [1.807, 2.05) is 18.2 Å². The van der Waals surface area contributed by atoms with Gasteiger partial charge in [0.25, 0.3) is 0 Å². The summed E-state index contributed by atoms with van der Waals surface area (Å²) in [4.78, 5) is 12.6. The van der Waals surface area contributed by atoms with Gasteiger partial charge in [0.2, 0.25) is 0 Å². The van der Waals surface area contributed by atoms with Crippen LogP contribution in [-0.2, 0) is 11.3 Å². The van der Waals surface area contributed by atoms with Gasteiger partial charge < -0.3 is 10.1 Å². The third kappa shape index (κ3) is 3.26. The second-order valence-electron chi connectivity index (χ2n) is 5.75. The van der Waals surface area contributed by atoms with E-state index >= 15 is 0 Å². The van der Waals surface area contributed by atoms with Crippen molar-refractivity contribution >= 4 is 5.82 Å². The van der Waals surface area contributed by atoms with E-state index in [0.717, 1.165) is 36.8 Å². The Morgan fingerprint density at radius 3 is 2.83 bits per heavy atom. The average Bonchev–Trinajstić information content (AvgIpc) is 3.34. The van der Waals surface area contributed by atoms with Gasteiger partial charge >= 0.3 is 0 Å². The average molecular weight is 322 g/mol. The molecule has 1 aliphatic heterocycles. The summed E-state index contributed by atoms with van der Waals surface area (Å²) in [6, 6.07) is 10.2. The van der Waals surface area contributed by atoms with Crippen LogP contribution in [0.4, 0.5) is 5.82 Å². The van der Waals surface area contributed by atoms with Crippen LogP contribution in [0.15, 0.2) is 49.3 Å². The van der Waals surface area contributed by atoms with Crippen molar-refractivity contribution in [1.29, 1.82) is 0 Å². The molecule has 0 saturated carbocycles. The molecule has 2 aromatic heterocycles. The first kappa shape index (κ1) is 14.8. The van der Waals surface area contributed by atoms with Crippen molar-refractivity contribution in [3.63, 3.8) is 0 Å². The fourth-order valence-electron chi connectivity index (χ4n) is 2.76. The molecule has 24 heavy (non-hydrogen) atoms. The summed E-state index contributed by atoms with van der Waals surface area (Å²) in [7, 11) is 0. The number of hydrogen-bond acceptors (Lipinski definition) is 6. The molecule has 1 atom stereocenters. The molecule has 0 unspecified atom stereocenters. The van der Waals surface area contributed by atoms with Crippen LogP contribution >= 0.6 is 0 Å². The Balaban J connectivity index is 1.40. The van der Waals surface area contributed by atoms with Crippen molar-refractivity contribution < 1.29 is 4.74 Å². The van der Waals surface area contributed by atoms with Crippen LogP contribution in [0.25, 0.3) is 5.69 Å². The molecule has 7 heteroatoms. The SMILES string of the molecule is c1nc(NCc2ccc(-n3cncn3)cc2)cc([C@H]2CCOC2)n1. The zero-order valence-corrected chi connectivity index (χ0v) is 13.2. The standard InChI is InChI=1S/C17H18N6O/c1-3-15(23-12-18-10-22-23)4-2-13(1)8-19-17-7-16(20-11-21-17)14-5-6-24-9-14/h1-4,7,10-12,14H,5-6,8-9H2,(H,19,20,21)/t14-/m0/s1. The second-order valence-corrected chi connectivity index (χ2v) is 5.75. The summed E-state index contributed by atoms with van der Waals surface area (Å²) < 4.78 is 7.16. The first-order chi connectivity index (χ1) is 11.9. The largest absolute Gasteiger partial charge is 0.381 e. The monoisotopic (exact) mass is 322 g/mol. The van der Waals surface area contributed by atoms with Gasteiger partial charge in [0.15, 0.2) is 0 Å². The molecule has 0 aliphatic carbocycles. The van der Waals surface area contributed by atoms with E-state index < -0.39 is 0 Å². The lowest BCUT2D eigenvalue weighted by molar-refractivity contribution is 0.193. The van der Waals surface area contributed by atoms with Crippen LogP contribution in [0.3, 0.4) is 0 Å². The quantitative estimate of drug-likeness (QED) is 0.776. The van der Waals surface area contributed by atoms with Gasteiger partial charge in [-0.15, -0.1) is 0 Å². The van der Waals surface area contributed by atoms with Gasteiger partial charge in [-0.05, 0) is 24.1 Å². The number of nitrogens with zero attached hydrogens (tertiary/aromatic N) is 5. The van der Waals surface area contributed by atoms with Crippen molar-refractivity contribution in [2.75, 3.05) is 18.5 Å². The van der Waals surface area contributed by atoms with Crippen molar-refractivity contribution in [2.45, 2.75) is 18.9 Å². The predicted molar refractivity (Wildman–Crippen MR) is 88.9 cm³/mol. The fraction of sp³-hybridized carbons (Fsp3) is 0.294. The predicted octanol–water partition coefficient (Wildman–Crippen LogP) is 2.17. The Hall–Kier alpha value is -2.80. The highest BCUT2D eigenvalue weighted by Gasteiger charge is 2.19. The summed E-state index contributed by atoms with van der Waals surface area (Å²) in [5, 5.41) is 7.47. The van der Waals surface area contributed by atoms with Crippen molar-refractivity contribution in [3.05, 3.63) is 60.6 Å². The molecule has 0 spiro atoms.